The van der Waals surface area contributed by atoms with Gasteiger partial charge in [0.05, 0.1) is 5.67 Å². The van der Waals surface area contributed by atoms with Crippen molar-refractivity contribution in [3.05, 3.63) is 24.3 Å². The van der Waals surface area contributed by atoms with Crippen LogP contribution < -0.4 is 0 Å². The highest BCUT2D eigenvalue weighted by Gasteiger charge is 2.41. The molecule has 0 aromatic carbocycles. The lowest BCUT2D eigenvalue weighted by Crippen LogP contribution is -2.57. The second kappa shape index (κ2) is 4.05. The zero-order valence-corrected chi connectivity index (χ0v) is 8.79. The Morgan fingerprint density at radius 3 is 2.64 bits per heavy atom. The molecule has 1 rings (SSSR count). The molecule has 78 valence electrons. The van der Waals surface area contributed by atoms with E-state index >= 15 is 0 Å². The molecule has 0 radical (unpaired) electrons. The van der Waals surface area contributed by atoms with Gasteiger partial charge in [-0.3, -0.25) is 4.79 Å². The predicted octanol–water partition coefficient (Wildman–Crippen LogP) is -1.22. The first-order chi connectivity index (χ1) is 6.43. The van der Waals surface area contributed by atoms with Gasteiger partial charge in [0.25, 0.3) is 0 Å². The van der Waals surface area contributed by atoms with Crippen molar-refractivity contribution in [1.29, 1.82) is 0 Å². The van der Waals surface area contributed by atoms with Gasteiger partial charge in [-0.15, -0.1) is 0 Å². The highest BCUT2D eigenvalue weighted by atomic mass is 28.4. The van der Waals surface area contributed by atoms with Gasteiger partial charge in [-0.2, -0.15) is 0 Å². The highest BCUT2D eigenvalue weighted by molar-refractivity contribution is 6.58. The number of hydrogen-bond acceptors (Lipinski definition) is 4. The van der Waals surface area contributed by atoms with Crippen molar-refractivity contribution < 1.29 is 19.2 Å². The van der Waals surface area contributed by atoms with Crippen LogP contribution in [0.5, 0.6) is 0 Å². The Hall–Kier alpha value is -0.953. The SMILES string of the molecule is CC(N1CC=CC=CC1=O)[Si](O)(O)O. The maximum absolute atomic E-state index is 11.4. The minimum absolute atomic E-state index is 0.267. The molecule has 1 aliphatic rings. The topological polar surface area (TPSA) is 81.0 Å². The van der Waals surface area contributed by atoms with E-state index in [9.17, 15) is 4.79 Å². The van der Waals surface area contributed by atoms with Crippen LogP contribution in [0.1, 0.15) is 6.92 Å². The number of rotatable bonds is 2. The number of amides is 1. The van der Waals surface area contributed by atoms with Crippen LogP contribution in [-0.2, 0) is 4.79 Å². The van der Waals surface area contributed by atoms with E-state index in [1.54, 1.807) is 18.2 Å². The van der Waals surface area contributed by atoms with Crippen molar-refractivity contribution in [2.45, 2.75) is 12.6 Å². The van der Waals surface area contributed by atoms with Crippen LogP contribution in [0.4, 0.5) is 0 Å². The molecule has 1 atom stereocenters. The normalized spacial score (nSPS) is 19.7. The van der Waals surface area contributed by atoms with E-state index in [-0.39, 0.29) is 12.5 Å². The van der Waals surface area contributed by atoms with Crippen LogP contribution >= 0.6 is 0 Å². The fraction of sp³-hybridized carbons (Fsp3) is 0.375. The second-order valence-electron chi connectivity index (χ2n) is 3.14. The van der Waals surface area contributed by atoms with Gasteiger partial charge in [0.15, 0.2) is 0 Å². The summed E-state index contributed by atoms with van der Waals surface area (Å²) in [6, 6.07) is 0. The van der Waals surface area contributed by atoms with E-state index in [1.807, 2.05) is 0 Å². The average molecular weight is 215 g/mol. The number of carbonyl (C=O) groups excluding carboxylic acids is 1. The monoisotopic (exact) mass is 215 g/mol. The third-order valence-corrected chi connectivity index (χ3v) is 3.53. The molecule has 0 aromatic rings. The van der Waals surface area contributed by atoms with E-state index in [0.717, 1.165) is 0 Å². The van der Waals surface area contributed by atoms with E-state index in [1.165, 1.54) is 17.9 Å². The molecule has 3 N–H and O–H groups in total. The maximum Gasteiger partial charge on any atom is 0.516 e. The van der Waals surface area contributed by atoms with Gasteiger partial charge < -0.3 is 19.3 Å². The zero-order valence-electron chi connectivity index (χ0n) is 7.79. The van der Waals surface area contributed by atoms with E-state index in [4.69, 9.17) is 14.4 Å². The van der Waals surface area contributed by atoms with Crippen molar-refractivity contribution in [3.63, 3.8) is 0 Å². The Bertz CT molecular complexity index is 282. The standard InChI is InChI=1S/C8H13NO4Si/c1-7(14(11,12)13)9-6-4-2-3-5-8(9)10/h2-5,7,11-13H,6H2,1H3. The summed E-state index contributed by atoms with van der Waals surface area (Å²) in [5.41, 5.74) is -0.942. The van der Waals surface area contributed by atoms with Gasteiger partial charge in [-0.25, -0.2) is 0 Å². The van der Waals surface area contributed by atoms with Gasteiger partial charge in [0, 0.05) is 12.6 Å². The molecule has 0 fully saturated rings. The smallest absolute Gasteiger partial charge is 0.389 e. The van der Waals surface area contributed by atoms with Crippen LogP contribution in [0.3, 0.4) is 0 Å². The highest BCUT2D eigenvalue weighted by Crippen LogP contribution is 2.09. The third kappa shape index (κ3) is 2.52. The first-order valence-corrected chi connectivity index (χ1v) is 6.15. The molecular formula is C8H13NO4Si. The predicted molar refractivity (Wildman–Crippen MR) is 51.9 cm³/mol. The summed E-state index contributed by atoms with van der Waals surface area (Å²) >= 11 is 0. The van der Waals surface area contributed by atoms with Crippen LogP contribution in [0, 0.1) is 0 Å². The summed E-state index contributed by atoms with van der Waals surface area (Å²) in [5, 5.41) is 0. The fourth-order valence-corrected chi connectivity index (χ4v) is 1.79. The Labute approximate surface area is 83.0 Å². The van der Waals surface area contributed by atoms with Crippen molar-refractivity contribution in [2.24, 2.45) is 0 Å². The molecule has 0 aromatic heterocycles. The van der Waals surface area contributed by atoms with Crippen LogP contribution in [-0.4, -0.2) is 46.2 Å². The van der Waals surface area contributed by atoms with Crippen molar-refractivity contribution >= 4 is 14.7 Å². The third-order valence-electron chi connectivity index (χ3n) is 2.10. The molecule has 0 bridgehead atoms. The maximum atomic E-state index is 11.4. The molecule has 6 heteroatoms. The molecule has 14 heavy (non-hydrogen) atoms. The Balaban J connectivity index is 2.81. The molecule has 1 unspecified atom stereocenters. The van der Waals surface area contributed by atoms with Crippen LogP contribution in [0.15, 0.2) is 24.3 Å². The largest absolute Gasteiger partial charge is 0.516 e. The Kier molecular flexibility index (Phi) is 3.22. The van der Waals surface area contributed by atoms with Crippen molar-refractivity contribution in [1.82, 2.24) is 4.90 Å². The fourth-order valence-electron chi connectivity index (χ4n) is 1.13. The molecule has 1 amide bonds. The molecule has 1 aliphatic heterocycles. The Morgan fingerprint density at radius 1 is 1.43 bits per heavy atom. The lowest BCUT2D eigenvalue weighted by Gasteiger charge is -2.29. The summed E-state index contributed by atoms with van der Waals surface area (Å²) in [5.74, 6) is -0.337. The van der Waals surface area contributed by atoms with Gasteiger partial charge in [0.1, 0.15) is 0 Å². The molecule has 0 spiro atoms. The van der Waals surface area contributed by atoms with Crippen LogP contribution in [0.2, 0.25) is 0 Å². The summed E-state index contributed by atoms with van der Waals surface area (Å²) in [4.78, 5) is 39.8. The van der Waals surface area contributed by atoms with Crippen LogP contribution in [0.25, 0.3) is 0 Å². The lowest BCUT2D eigenvalue weighted by molar-refractivity contribution is -0.127. The molecule has 0 aliphatic carbocycles. The van der Waals surface area contributed by atoms with Crippen molar-refractivity contribution in [2.75, 3.05) is 6.54 Å². The van der Waals surface area contributed by atoms with E-state index < -0.39 is 14.5 Å². The Morgan fingerprint density at radius 2 is 2.07 bits per heavy atom. The minimum atomic E-state index is -4.27. The van der Waals surface area contributed by atoms with Gasteiger partial charge in [-0.05, 0) is 6.92 Å². The summed E-state index contributed by atoms with van der Waals surface area (Å²) < 4.78 is 0. The molecule has 0 saturated heterocycles. The summed E-state index contributed by atoms with van der Waals surface area (Å²) in [7, 11) is -4.27. The second-order valence-corrected chi connectivity index (χ2v) is 5.35. The minimum Gasteiger partial charge on any atom is -0.389 e. The van der Waals surface area contributed by atoms with Gasteiger partial charge in [0.2, 0.25) is 5.91 Å². The first kappa shape index (κ1) is 11.1. The quantitative estimate of drug-likeness (QED) is 0.505. The van der Waals surface area contributed by atoms with E-state index in [0.29, 0.717) is 0 Å². The first-order valence-electron chi connectivity index (χ1n) is 4.24. The van der Waals surface area contributed by atoms with Gasteiger partial charge >= 0.3 is 8.80 Å². The lowest BCUT2D eigenvalue weighted by atomic mass is 10.4. The van der Waals surface area contributed by atoms with E-state index in [2.05, 4.69) is 0 Å². The molecule has 0 saturated carbocycles. The molecule has 1 heterocycles. The van der Waals surface area contributed by atoms with Crippen molar-refractivity contribution in [3.8, 4) is 0 Å². The number of allylic oxidation sites excluding steroid dienone is 2. The number of hydrogen-bond donors (Lipinski definition) is 3. The molecular weight excluding hydrogens is 202 g/mol. The average Bonchev–Trinajstić information content (AvgIpc) is 2.27. The summed E-state index contributed by atoms with van der Waals surface area (Å²) in [6.45, 7) is 1.68. The number of carbonyl (C=O) groups is 1. The molecule has 5 nitrogen and oxygen atoms in total. The van der Waals surface area contributed by atoms with Gasteiger partial charge in [-0.1, -0.05) is 18.2 Å². The zero-order chi connectivity index (χ0) is 10.8. The number of nitrogens with zero attached hydrogens (tertiary/aromatic N) is 1. The summed E-state index contributed by atoms with van der Waals surface area (Å²) in [6.07, 6.45) is 6.29.